The maximum atomic E-state index is 13.0. The summed E-state index contributed by atoms with van der Waals surface area (Å²) < 4.78 is 40.2. The highest BCUT2D eigenvalue weighted by Gasteiger charge is 2.16. The monoisotopic (exact) mass is 354 g/mol. The van der Waals surface area contributed by atoms with Gasteiger partial charge in [-0.15, -0.1) is 0 Å². The quantitative estimate of drug-likeness (QED) is 0.919. The fraction of sp³-hybridized carbons (Fsp3) is 0. The van der Waals surface area contributed by atoms with E-state index in [1.54, 1.807) is 18.2 Å². The number of nitrogens with one attached hydrogen (secondary N) is 1. The molecule has 0 aliphatic rings. The van der Waals surface area contributed by atoms with E-state index in [-0.39, 0.29) is 16.1 Å². The SMILES string of the molecule is N#Cc1cc(F)ccc1NS(=O)(=O)c1cccc(Br)c1. The van der Waals surface area contributed by atoms with Crippen molar-refractivity contribution in [2.75, 3.05) is 4.72 Å². The van der Waals surface area contributed by atoms with Crippen LogP contribution in [0.3, 0.4) is 0 Å². The van der Waals surface area contributed by atoms with Crippen LogP contribution < -0.4 is 4.72 Å². The molecule has 0 saturated carbocycles. The van der Waals surface area contributed by atoms with Crippen LogP contribution in [0.5, 0.6) is 0 Å². The van der Waals surface area contributed by atoms with Crippen LogP contribution in [0.15, 0.2) is 51.8 Å². The molecule has 4 nitrogen and oxygen atoms in total. The average molecular weight is 355 g/mol. The van der Waals surface area contributed by atoms with Gasteiger partial charge in [0.05, 0.1) is 16.1 Å². The normalized spacial score (nSPS) is 10.8. The zero-order valence-corrected chi connectivity index (χ0v) is 12.4. The Morgan fingerprint density at radius 2 is 1.95 bits per heavy atom. The molecule has 2 aromatic carbocycles. The van der Waals surface area contributed by atoms with Crippen LogP contribution in [-0.2, 0) is 10.0 Å². The van der Waals surface area contributed by atoms with E-state index in [4.69, 9.17) is 5.26 Å². The smallest absolute Gasteiger partial charge is 0.261 e. The number of hydrogen-bond donors (Lipinski definition) is 1. The summed E-state index contributed by atoms with van der Waals surface area (Å²) in [5.74, 6) is -0.605. The molecule has 2 aromatic rings. The van der Waals surface area contributed by atoms with E-state index in [0.717, 1.165) is 12.1 Å². The van der Waals surface area contributed by atoms with Crippen molar-refractivity contribution in [3.8, 4) is 6.07 Å². The van der Waals surface area contributed by atoms with Gasteiger partial charge in [0.1, 0.15) is 11.9 Å². The number of benzene rings is 2. The Kier molecular flexibility index (Phi) is 4.06. The summed E-state index contributed by atoms with van der Waals surface area (Å²) in [6, 6.07) is 11.1. The second-order valence-electron chi connectivity index (χ2n) is 3.86. The van der Waals surface area contributed by atoms with E-state index in [1.807, 2.05) is 0 Å². The summed E-state index contributed by atoms with van der Waals surface area (Å²) in [5, 5.41) is 8.90. The number of nitriles is 1. The summed E-state index contributed by atoms with van der Waals surface area (Å²) in [5.41, 5.74) is -0.0440. The molecule has 0 spiro atoms. The first kappa shape index (κ1) is 14.5. The van der Waals surface area contributed by atoms with Gasteiger partial charge >= 0.3 is 0 Å². The second kappa shape index (κ2) is 5.61. The molecule has 0 bridgehead atoms. The molecule has 7 heteroatoms. The van der Waals surface area contributed by atoms with Gasteiger partial charge in [0.25, 0.3) is 10.0 Å². The fourth-order valence-corrected chi connectivity index (χ4v) is 3.21. The third-order valence-corrected chi connectivity index (χ3v) is 4.31. The minimum Gasteiger partial charge on any atom is -0.278 e. The number of anilines is 1. The number of rotatable bonds is 3. The first-order chi connectivity index (χ1) is 9.42. The van der Waals surface area contributed by atoms with E-state index in [1.165, 1.54) is 18.2 Å². The molecule has 0 radical (unpaired) electrons. The van der Waals surface area contributed by atoms with Crippen LogP contribution in [0, 0.1) is 17.1 Å². The molecule has 0 unspecified atom stereocenters. The predicted molar refractivity (Wildman–Crippen MR) is 76.1 cm³/mol. The molecule has 0 atom stereocenters. The van der Waals surface area contributed by atoms with Gasteiger partial charge in [0.15, 0.2) is 0 Å². The van der Waals surface area contributed by atoms with Crippen LogP contribution in [0.1, 0.15) is 5.56 Å². The fourth-order valence-electron chi connectivity index (χ4n) is 1.54. The molecule has 0 aliphatic carbocycles. The van der Waals surface area contributed by atoms with Gasteiger partial charge in [-0.05, 0) is 36.4 Å². The van der Waals surface area contributed by atoms with Crippen LogP contribution in [0.4, 0.5) is 10.1 Å². The first-order valence-electron chi connectivity index (χ1n) is 5.40. The van der Waals surface area contributed by atoms with Gasteiger partial charge in [-0.1, -0.05) is 22.0 Å². The zero-order chi connectivity index (χ0) is 14.8. The largest absolute Gasteiger partial charge is 0.278 e. The van der Waals surface area contributed by atoms with Crippen molar-refractivity contribution in [3.63, 3.8) is 0 Å². The van der Waals surface area contributed by atoms with E-state index in [9.17, 15) is 12.8 Å². The van der Waals surface area contributed by atoms with E-state index >= 15 is 0 Å². The number of nitrogens with zero attached hydrogens (tertiary/aromatic N) is 1. The van der Waals surface area contributed by atoms with E-state index in [0.29, 0.717) is 4.47 Å². The lowest BCUT2D eigenvalue weighted by Gasteiger charge is -2.09. The molecule has 0 amide bonds. The van der Waals surface area contributed by atoms with Crippen LogP contribution in [0.2, 0.25) is 0 Å². The maximum absolute atomic E-state index is 13.0. The first-order valence-corrected chi connectivity index (χ1v) is 7.68. The van der Waals surface area contributed by atoms with E-state index < -0.39 is 15.8 Å². The minimum absolute atomic E-state index is 0.0360. The summed E-state index contributed by atoms with van der Waals surface area (Å²) in [6.45, 7) is 0. The van der Waals surface area contributed by atoms with Crippen molar-refractivity contribution < 1.29 is 12.8 Å². The number of hydrogen-bond acceptors (Lipinski definition) is 3. The number of halogens is 2. The molecule has 0 aromatic heterocycles. The molecule has 0 aliphatic heterocycles. The molecule has 102 valence electrons. The lowest BCUT2D eigenvalue weighted by molar-refractivity contribution is 0.601. The topological polar surface area (TPSA) is 70.0 Å². The van der Waals surface area contributed by atoms with Gasteiger partial charge in [-0.3, -0.25) is 4.72 Å². The van der Waals surface area contributed by atoms with Gasteiger partial charge in [0.2, 0.25) is 0 Å². The van der Waals surface area contributed by atoms with Gasteiger partial charge in [0, 0.05) is 4.47 Å². The zero-order valence-electron chi connectivity index (χ0n) is 9.97. The van der Waals surface area contributed by atoms with Crippen LogP contribution in [0.25, 0.3) is 0 Å². The molecule has 0 heterocycles. The molecule has 1 N–H and O–H groups in total. The minimum atomic E-state index is -3.83. The Hall–Kier alpha value is -1.91. The van der Waals surface area contributed by atoms with Gasteiger partial charge in [-0.25, -0.2) is 12.8 Å². The summed E-state index contributed by atoms with van der Waals surface area (Å²) in [7, 11) is -3.83. The van der Waals surface area contributed by atoms with Crippen molar-refractivity contribution in [1.29, 1.82) is 5.26 Å². The van der Waals surface area contributed by atoms with Crippen LogP contribution in [-0.4, -0.2) is 8.42 Å². The molecule has 20 heavy (non-hydrogen) atoms. The molecule has 2 rings (SSSR count). The van der Waals surface area contributed by atoms with E-state index in [2.05, 4.69) is 20.7 Å². The summed E-state index contributed by atoms with van der Waals surface area (Å²) >= 11 is 3.18. The Morgan fingerprint density at radius 3 is 2.60 bits per heavy atom. The Labute approximate surface area is 124 Å². The second-order valence-corrected chi connectivity index (χ2v) is 6.46. The lowest BCUT2D eigenvalue weighted by Crippen LogP contribution is -2.13. The summed E-state index contributed by atoms with van der Waals surface area (Å²) in [4.78, 5) is 0.0417. The van der Waals surface area contributed by atoms with Crippen molar-refractivity contribution in [1.82, 2.24) is 0 Å². The molecule has 0 fully saturated rings. The Bertz CT molecular complexity index is 800. The molecule has 0 saturated heterocycles. The van der Waals surface area contributed by atoms with Gasteiger partial charge in [-0.2, -0.15) is 5.26 Å². The number of sulfonamides is 1. The average Bonchev–Trinajstić information content (AvgIpc) is 2.40. The predicted octanol–water partition coefficient (Wildman–Crippen LogP) is 3.26. The van der Waals surface area contributed by atoms with Crippen molar-refractivity contribution >= 4 is 31.6 Å². The lowest BCUT2D eigenvalue weighted by atomic mass is 10.2. The third kappa shape index (κ3) is 3.15. The Balaban J connectivity index is 2.42. The Morgan fingerprint density at radius 1 is 1.20 bits per heavy atom. The maximum Gasteiger partial charge on any atom is 0.261 e. The highest BCUT2D eigenvalue weighted by Crippen LogP contribution is 2.22. The van der Waals surface area contributed by atoms with Crippen LogP contribution >= 0.6 is 15.9 Å². The molecular formula is C13H8BrFN2O2S. The summed E-state index contributed by atoms with van der Waals surface area (Å²) in [6.07, 6.45) is 0. The van der Waals surface area contributed by atoms with Crippen molar-refractivity contribution in [3.05, 3.63) is 58.3 Å². The van der Waals surface area contributed by atoms with Crippen molar-refractivity contribution in [2.45, 2.75) is 4.90 Å². The standard InChI is InChI=1S/C13H8BrFN2O2S/c14-10-2-1-3-12(7-10)20(18,19)17-13-5-4-11(15)6-9(13)8-16/h1-7,17H. The highest BCUT2D eigenvalue weighted by molar-refractivity contribution is 9.10. The van der Waals surface area contributed by atoms with Crippen molar-refractivity contribution in [2.24, 2.45) is 0 Å². The molecular weight excluding hydrogens is 347 g/mol. The third-order valence-electron chi connectivity index (χ3n) is 2.45. The van der Waals surface area contributed by atoms with Gasteiger partial charge < -0.3 is 0 Å². The highest BCUT2D eigenvalue weighted by atomic mass is 79.9.